The van der Waals surface area contributed by atoms with Gasteiger partial charge in [0.15, 0.2) is 0 Å². The van der Waals surface area contributed by atoms with Crippen LogP contribution in [0.15, 0.2) is 0 Å². The largest absolute Gasteiger partial charge is 0.377 e. The lowest BCUT2D eigenvalue weighted by Crippen LogP contribution is -2.45. The van der Waals surface area contributed by atoms with Crippen LogP contribution in [0.1, 0.15) is 44.9 Å². The molecule has 2 rings (SSSR count). The van der Waals surface area contributed by atoms with Crippen LogP contribution < -0.4 is 0 Å². The van der Waals surface area contributed by atoms with E-state index in [1.54, 1.807) is 0 Å². The van der Waals surface area contributed by atoms with Crippen molar-refractivity contribution in [1.29, 1.82) is 0 Å². The summed E-state index contributed by atoms with van der Waals surface area (Å²) in [7, 11) is 2.21. The van der Waals surface area contributed by atoms with Gasteiger partial charge in [0.05, 0.1) is 6.10 Å². The van der Waals surface area contributed by atoms with Gasteiger partial charge in [-0.3, -0.25) is 4.90 Å². The first-order valence-corrected chi connectivity index (χ1v) is 7.17. The van der Waals surface area contributed by atoms with Crippen LogP contribution >= 0.6 is 11.6 Å². The van der Waals surface area contributed by atoms with Crippen LogP contribution in [0.25, 0.3) is 0 Å². The summed E-state index contributed by atoms with van der Waals surface area (Å²) >= 11 is 6.41. The van der Waals surface area contributed by atoms with Crippen molar-refractivity contribution in [1.82, 2.24) is 4.90 Å². The van der Waals surface area contributed by atoms with Gasteiger partial charge >= 0.3 is 0 Å². The zero-order valence-corrected chi connectivity index (χ0v) is 11.1. The first kappa shape index (κ1) is 12.7. The fourth-order valence-corrected chi connectivity index (χ4v) is 3.44. The van der Waals surface area contributed by atoms with E-state index in [1.165, 1.54) is 44.9 Å². The van der Waals surface area contributed by atoms with Gasteiger partial charge in [-0.15, -0.1) is 11.6 Å². The van der Waals surface area contributed by atoms with Crippen molar-refractivity contribution >= 4 is 11.6 Å². The molecule has 2 aliphatic rings. The molecule has 3 unspecified atom stereocenters. The molecule has 94 valence electrons. The van der Waals surface area contributed by atoms with Crippen molar-refractivity contribution in [3.05, 3.63) is 0 Å². The van der Waals surface area contributed by atoms with E-state index >= 15 is 0 Å². The number of hydrogen-bond donors (Lipinski definition) is 0. The molecule has 3 heteroatoms. The summed E-state index contributed by atoms with van der Waals surface area (Å²) in [6.07, 6.45) is 9.32. The Morgan fingerprint density at radius 2 is 1.88 bits per heavy atom. The Hall–Kier alpha value is 0.210. The predicted octanol–water partition coefficient (Wildman–Crippen LogP) is 3.04. The van der Waals surface area contributed by atoms with Crippen molar-refractivity contribution in [2.75, 3.05) is 20.2 Å². The molecule has 2 nitrogen and oxygen atoms in total. The third-order valence-electron chi connectivity index (χ3n) is 3.98. The highest BCUT2D eigenvalue weighted by molar-refractivity contribution is 6.21. The van der Waals surface area contributed by atoms with E-state index in [9.17, 15) is 0 Å². The average Bonchev–Trinajstić information content (AvgIpc) is 2.31. The summed E-state index contributed by atoms with van der Waals surface area (Å²) in [5.41, 5.74) is 0. The summed E-state index contributed by atoms with van der Waals surface area (Å²) in [6, 6.07) is 0.570. The lowest BCUT2D eigenvalue weighted by molar-refractivity contribution is -0.0104. The maximum absolute atomic E-state index is 6.41. The fraction of sp³-hybridized carbons (Fsp3) is 1.00. The summed E-state index contributed by atoms with van der Waals surface area (Å²) < 4.78 is 5.79. The molecule has 0 aromatic rings. The molecule has 0 aromatic heterocycles. The van der Waals surface area contributed by atoms with Crippen molar-refractivity contribution in [3.8, 4) is 0 Å². The number of halogens is 1. The Morgan fingerprint density at radius 1 is 1.12 bits per heavy atom. The molecule has 0 spiro atoms. The van der Waals surface area contributed by atoms with E-state index in [4.69, 9.17) is 16.3 Å². The third-order valence-corrected chi connectivity index (χ3v) is 4.49. The number of hydrogen-bond acceptors (Lipinski definition) is 2. The first-order valence-electron chi connectivity index (χ1n) is 6.73. The van der Waals surface area contributed by atoms with Crippen molar-refractivity contribution in [3.63, 3.8) is 0 Å². The SMILES string of the molecule is CN(CC1CCCCO1)C1CCCCC1Cl. The smallest absolute Gasteiger partial charge is 0.0702 e. The van der Waals surface area contributed by atoms with Crippen LogP contribution in [0, 0.1) is 0 Å². The summed E-state index contributed by atoms with van der Waals surface area (Å²) in [4.78, 5) is 2.44. The zero-order chi connectivity index (χ0) is 11.4. The van der Waals surface area contributed by atoms with Crippen LogP contribution in [0.5, 0.6) is 0 Å². The number of ether oxygens (including phenoxy) is 1. The second-order valence-corrected chi connectivity index (χ2v) is 5.86. The Labute approximate surface area is 104 Å². The standard InChI is InChI=1S/C13H24ClNO/c1-15(10-11-6-4-5-9-16-11)13-8-3-2-7-12(13)14/h11-13H,2-10H2,1H3. The number of likely N-dealkylation sites (N-methyl/N-ethyl adjacent to an activating group) is 1. The van der Waals surface area contributed by atoms with Crippen LogP contribution in [0.4, 0.5) is 0 Å². The maximum Gasteiger partial charge on any atom is 0.0702 e. The summed E-state index contributed by atoms with van der Waals surface area (Å²) in [5.74, 6) is 0. The van der Waals surface area contributed by atoms with Crippen LogP contribution in [-0.4, -0.2) is 42.6 Å². The van der Waals surface area contributed by atoms with Crippen molar-refractivity contribution < 1.29 is 4.74 Å². The zero-order valence-electron chi connectivity index (χ0n) is 10.3. The van der Waals surface area contributed by atoms with E-state index in [2.05, 4.69) is 11.9 Å². The van der Waals surface area contributed by atoms with Crippen LogP contribution in [0.2, 0.25) is 0 Å². The maximum atomic E-state index is 6.41. The van der Waals surface area contributed by atoms with Gasteiger partial charge in [0.25, 0.3) is 0 Å². The molecule has 3 atom stereocenters. The van der Waals surface area contributed by atoms with Crippen molar-refractivity contribution in [2.45, 2.75) is 62.5 Å². The minimum Gasteiger partial charge on any atom is -0.377 e. The average molecular weight is 246 g/mol. The molecule has 2 fully saturated rings. The predicted molar refractivity (Wildman–Crippen MR) is 68.1 cm³/mol. The Kier molecular flexibility index (Phi) is 4.93. The van der Waals surface area contributed by atoms with Gasteiger partial charge in [-0.1, -0.05) is 12.8 Å². The highest BCUT2D eigenvalue weighted by Gasteiger charge is 2.28. The molecule has 0 amide bonds. The molecule has 16 heavy (non-hydrogen) atoms. The normalized spacial score (nSPS) is 36.6. The molecule has 1 heterocycles. The van der Waals surface area contributed by atoms with Gasteiger partial charge in [0.1, 0.15) is 0 Å². The molecule has 1 saturated carbocycles. The quantitative estimate of drug-likeness (QED) is 0.709. The van der Waals surface area contributed by atoms with Gasteiger partial charge in [0.2, 0.25) is 0 Å². The van der Waals surface area contributed by atoms with E-state index in [0.29, 0.717) is 17.5 Å². The minimum absolute atomic E-state index is 0.349. The first-order chi connectivity index (χ1) is 7.77. The molecule has 0 aromatic carbocycles. The molecule has 0 N–H and O–H groups in total. The molecular formula is C13H24ClNO. The molecular weight excluding hydrogens is 222 g/mol. The number of rotatable bonds is 3. The van der Waals surface area contributed by atoms with Gasteiger partial charge in [-0.25, -0.2) is 0 Å². The Bertz CT molecular complexity index is 206. The number of nitrogens with zero attached hydrogens (tertiary/aromatic N) is 1. The van der Waals surface area contributed by atoms with Gasteiger partial charge in [-0.05, 0) is 39.2 Å². The second kappa shape index (κ2) is 6.23. The second-order valence-electron chi connectivity index (χ2n) is 5.30. The topological polar surface area (TPSA) is 12.5 Å². The minimum atomic E-state index is 0.349. The Morgan fingerprint density at radius 3 is 2.56 bits per heavy atom. The van der Waals surface area contributed by atoms with Gasteiger partial charge < -0.3 is 4.74 Å². The molecule has 0 radical (unpaired) electrons. The Balaban J connectivity index is 1.78. The summed E-state index contributed by atoms with van der Waals surface area (Å²) in [5, 5.41) is 0.349. The monoisotopic (exact) mass is 245 g/mol. The lowest BCUT2D eigenvalue weighted by atomic mass is 9.93. The van der Waals surface area contributed by atoms with Gasteiger partial charge in [-0.2, -0.15) is 0 Å². The highest BCUT2D eigenvalue weighted by atomic mass is 35.5. The van der Waals surface area contributed by atoms with Crippen LogP contribution in [0.3, 0.4) is 0 Å². The van der Waals surface area contributed by atoms with E-state index in [1.807, 2.05) is 0 Å². The highest BCUT2D eigenvalue weighted by Crippen LogP contribution is 2.27. The lowest BCUT2D eigenvalue weighted by Gasteiger charge is -2.37. The van der Waals surface area contributed by atoms with Gasteiger partial charge in [0, 0.05) is 24.6 Å². The van der Waals surface area contributed by atoms with Crippen molar-refractivity contribution in [2.24, 2.45) is 0 Å². The fourth-order valence-electron chi connectivity index (χ4n) is 2.97. The van der Waals surface area contributed by atoms with Crippen LogP contribution in [-0.2, 0) is 4.74 Å². The molecule has 0 bridgehead atoms. The van der Waals surface area contributed by atoms with E-state index < -0.39 is 0 Å². The molecule has 1 aliphatic carbocycles. The summed E-state index contributed by atoms with van der Waals surface area (Å²) in [6.45, 7) is 2.02. The van der Waals surface area contributed by atoms with E-state index in [-0.39, 0.29) is 0 Å². The number of alkyl halides is 1. The third kappa shape index (κ3) is 3.35. The molecule has 1 saturated heterocycles. The van der Waals surface area contributed by atoms with E-state index in [0.717, 1.165) is 13.2 Å². The molecule has 1 aliphatic heterocycles.